The van der Waals surface area contributed by atoms with E-state index >= 15 is 0 Å². The lowest BCUT2D eigenvalue weighted by Gasteiger charge is -2.20. The van der Waals surface area contributed by atoms with Crippen LogP contribution in [0.2, 0.25) is 0 Å². The number of carbonyl (C=O) groups excluding carboxylic acids is 1. The second kappa shape index (κ2) is 9.44. The van der Waals surface area contributed by atoms with Gasteiger partial charge in [0.05, 0.1) is 5.56 Å². The van der Waals surface area contributed by atoms with Crippen molar-refractivity contribution in [3.8, 4) is 11.1 Å². The molecule has 0 spiro atoms. The van der Waals surface area contributed by atoms with E-state index in [4.69, 9.17) is 4.74 Å². The fourth-order valence-electron chi connectivity index (χ4n) is 4.23. The van der Waals surface area contributed by atoms with Gasteiger partial charge in [-0.1, -0.05) is 60.7 Å². The zero-order valence-electron chi connectivity index (χ0n) is 18.1. The Balaban J connectivity index is 1.35. The molecule has 7 heteroatoms. The van der Waals surface area contributed by atoms with E-state index in [9.17, 15) is 24.9 Å². The van der Waals surface area contributed by atoms with Crippen LogP contribution in [0.15, 0.2) is 66.7 Å². The monoisotopic (exact) mass is 447 g/mol. The van der Waals surface area contributed by atoms with Crippen molar-refractivity contribution in [1.82, 2.24) is 5.32 Å². The average Bonchev–Trinajstić information content (AvgIpc) is 3.14. The number of alkyl carbamates (subject to hydrolysis) is 1. The van der Waals surface area contributed by atoms with Gasteiger partial charge in [-0.3, -0.25) is 0 Å². The summed E-state index contributed by atoms with van der Waals surface area (Å²) in [5, 5.41) is 32.4. The largest absolute Gasteiger partial charge is 0.478 e. The average molecular weight is 447 g/mol. The molecule has 1 aliphatic rings. The fourth-order valence-corrected chi connectivity index (χ4v) is 4.23. The number of nitrogens with one attached hydrogen (secondary N) is 1. The fraction of sp³-hybridized carbons (Fsp3) is 0.231. The molecule has 0 saturated heterocycles. The van der Waals surface area contributed by atoms with Gasteiger partial charge in [0.2, 0.25) is 0 Å². The molecule has 0 bridgehead atoms. The van der Waals surface area contributed by atoms with Gasteiger partial charge in [0.25, 0.3) is 0 Å². The van der Waals surface area contributed by atoms with Crippen molar-refractivity contribution < 1.29 is 29.6 Å². The smallest absolute Gasteiger partial charge is 0.407 e. The molecule has 4 rings (SSSR count). The summed E-state index contributed by atoms with van der Waals surface area (Å²) in [6.07, 6.45) is -3.41. The number of fused-ring (bicyclic) bond motifs is 3. The third kappa shape index (κ3) is 4.60. The maximum atomic E-state index is 12.3. The van der Waals surface area contributed by atoms with Crippen molar-refractivity contribution in [3.05, 3.63) is 94.5 Å². The maximum Gasteiger partial charge on any atom is 0.407 e. The van der Waals surface area contributed by atoms with Crippen LogP contribution in [-0.4, -0.2) is 46.6 Å². The Hall–Kier alpha value is -3.68. The van der Waals surface area contributed by atoms with Gasteiger partial charge < -0.3 is 25.4 Å². The van der Waals surface area contributed by atoms with Gasteiger partial charge in [-0.05, 0) is 46.4 Å². The van der Waals surface area contributed by atoms with Gasteiger partial charge in [0.1, 0.15) is 18.8 Å². The van der Waals surface area contributed by atoms with Crippen LogP contribution in [0.25, 0.3) is 11.1 Å². The van der Waals surface area contributed by atoms with Gasteiger partial charge in [0, 0.05) is 12.5 Å². The summed E-state index contributed by atoms with van der Waals surface area (Å²) in [4.78, 5) is 23.6. The number of ether oxygens (including phenoxy) is 1. The molecular formula is C26H25NO6. The summed E-state index contributed by atoms with van der Waals surface area (Å²) in [6, 6.07) is 20.4. The summed E-state index contributed by atoms with van der Waals surface area (Å²) in [6.45, 7) is 1.53. The molecular weight excluding hydrogens is 422 g/mol. The number of rotatable bonds is 7. The molecule has 3 aromatic rings. The molecule has 0 aliphatic heterocycles. The van der Waals surface area contributed by atoms with Gasteiger partial charge in [0.15, 0.2) is 0 Å². The second-order valence-electron chi connectivity index (χ2n) is 8.10. The number of amides is 1. The molecule has 0 saturated carbocycles. The highest BCUT2D eigenvalue weighted by Gasteiger charge is 2.29. The SMILES string of the molecule is Cc1ccc(C(O)C(O)CNC(=O)OCC2c3ccccc3-c3ccccc32)cc1C(=O)O. The number of carbonyl (C=O) groups is 2. The number of benzene rings is 3. The lowest BCUT2D eigenvalue weighted by molar-refractivity contribution is 0.0185. The van der Waals surface area contributed by atoms with Crippen LogP contribution in [0.1, 0.15) is 44.6 Å². The molecule has 33 heavy (non-hydrogen) atoms. The highest BCUT2D eigenvalue weighted by atomic mass is 16.5. The van der Waals surface area contributed by atoms with E-state index in [0.717, 1.165) is 22.3 Å². The lowest BCUT2D eigenvalue weighted by atomic mass is 9.98. The molecule has 0 aromatic heterocycles. The molecule has 7 nitrogen and oxygen atoms in total. The van der Waals surface area contributed by atoms with Gasteiger partial charge in [-0.25, -0.2) is 9.59 Å². The van der Waals surface area contributed by atoms with E-state index in [1.54, 1.807) is 19.1 Å². The molecule has 2 atom stereocenters. The molecule has 1 amide bonds. The minimum Gasteiger partial charge on any atom is -0.478 e. The van der Waals surface area contributed by atoms with E-state index < -0.39 is 24.3 Å². The summed E-state index contributed by atoms with van der Waals surface area (Å²) in [5.74, 6) is -1.20. The van der Waals surface area contributed by atoms with Crippen LogP contribution in [0.3, 0.4) is 0 Å². The van der Waals surface area contributed by atoms with Crippen LogP contribution in [0, 0.1) is 6.92 Å². The van der Waals surface area contributed by atoms with E-state index in [2.05, 4.69) is 5.32 Å². The van der Waals surface area contributed by atoms with E-state index in [1.807, 2.05) is 48.5 Å². The predicted molar refractivity (Wildman–Crippen MR) is 122 cm³/mol. The summed E-state index contributed by atoms with van der Waals surface area (Å²) in [5.41, 5.74) is 5.28. The Bertz CT molecular complexity index is 1150. The molecule has 1 aliphatic carbocycles. The summed E-state index contributed by atoms with van der Waals surface area (Å²) in [7, 11) is 0. The van der Waals surface area contributed by atoms with Gasteiger partial charge in [-0.2, -0.15) is 0 Å². The van der Waals surface area contributed by atoms with Crippen LogP contribution < -0.4 is 5.32 Å². The van der Waals surface area contributed by atoms with Crippen LogP contribution in [0.5, 0.6) is 0 Å². The Labute approximate surface area is 191 Å². The molecule has 0 radical (unpaired) electrons. The zero-order valence-corrected chi connectivity index (χ0v) is 18.1. The first kappa shape index (κ1) is 22.5. The van der Waals surface area contributed by atoms with Crippen molar-refractivity contribution in [2.75, 3.05) is 13.2 Å². The number of carboxylic acid groups (broad SMARTS) is 1. The van der Waals surface area contributed by atoms with Crippen LogP contribution >= 0.6 is 0 Å². The Kier molecular flexibility index (Phi) is 6.44. The van der Waals surface area contributed by atoms with Crippen molar-refractivity contribution in [2.45, 2.75) is 25.0 Å². The predicted octanol–water partition coefficient (Wildman–Crippen LogP) is 3.63. The number of carboxylic acids is 1. The quantitative estimate of drug-likeness (QED) is 0.440. The Morgan fingerprint density at radius 2 is 1.58 bits per heavy atom. The minimum atomic E-state index is -1.36. The lowest BCUT2D eigenvalue weighted by Crippen LogP contribution is -2.36. The Morgan fingerprint density at radius 3 is 2.18 bits per heavy atom. The van der Waals surface area contributed by atoms with Crippen molar-refractivity contribution in [1.29, 1.82) is 0 Å². The van der Waals surface area contributed by atoms with Crippen molar-refractivity contribution in [3.63, 3.8) is 0 Å². The van der Waals surface area contributed by atoms with E-state index in [0.29, 0.717) is 5.56 Å². The first-order valence-electron chi connectivity index (χ1n) is 10.7. The van der Waals surface area contributed by atoms with Gasteiger partial charge in [-0.15, -0.1) is 0 Å². The molecule has 3 aromatic carbocycles. The second-order valence-corrected chi connectivity index (χ2v) is 8.10. The standard InChI is InChI=1S/C26H25NO6/c1-15-10-11-16(12-21(15)25(30)31)24(29)23(28)13-27-26(32)33-14-22-19-8-4-2-6-17(19)18-7-3-5-9-20(18)22/h2-12,22-24,28-29H,13-14H2,1H3,(H,27,32)(H,30,31). The highest BCUT2D eigenvalue weighted by Crippen LogP contribution is 2.44. The molecule has 0 heterocycles. The number of aliphatic hydroxyl groups is 2. The number of aromatic carboxylic acids is 1. The summed E-state index contributed by atoms with van der Waals surface area (Å²) < 4.78 is 5.42. The third-order valence-corrected chi connectivity index (χ3v) is 6.00. The van der Waals surface area contributed by atoms with Crippen molar-refractivity contribution >= 4 is 12.1 Å². The minimum absolute atomic E-state index is 0.0447. The normalized spacial score (nSPS) is 14.2. The third-order valence-electron chi connectivity index (χ3n) is 6.00. The molecule has 4 N–H and O–H groups in total. The van der Waals surface area contributed by atoms with Crippen molar-refractivity contribution in [2.24, 2.45) is 0 Å². The maximum absolute atomic E-state index is 12.3. The van der Waals surface area contributed by atoms with Crippen LogP contribution in [0.4, 0.5) is 4.79 Å². The summed E-state index contributed by atoms with van der Waals surface area (Å²) >= 11 is 0. The number of hydrogen-bond donors (Lipinski definition) is 4. The number of aryl methyl sites for hydroxylation is 1. The first-order chi connectivity index (χ1) is 15.9. The molecule has 170 valence electrons. The number of hydrogen-bond acceptors (Lipinski definition) is 5. The topological polar surface area (TPSA) is 116 Å². The molecule has 2 unspecified atom stereocenters. The van der Waals surface area contributed by atoms with Crippen LogP contribution in [-0.2, 0) is 4.74 Å². The Morgan fingerprint density at radius 1 is 0.970 bits per heavy atom. The highest BCUT2D eigenvalue weighted by molar-refractivity contribution is 5.89. The van der Waals surface area contributed by atoms with E-state index in [1.165, 1.54) is 6.07 Å². The zero-order chi connectivity index (χ0) is 23.5. The first-order valence-corrected chi connectivity index (χ1v) is 10.7. The molecule has 0 fully saturated rings. The van der Waals surface area contributed by atoms with Gasteiger partial charge >= 0.3 is 12.1 Å². The number of aliphatic hydroxyl groups excluding tert-OH is 2. The van der Waals surface area contributed by atoms with E-state index in [-0.39, 0.29) is 30.2 Å².